The van der Waals surface area contributed by atoms with Gasteiger partial charge in [-0.3, -0.25) is 4.68 Å². The van der Waals surface area contributed by atoms with Crippen LogP contribution >= 0.6 is 24.0 Å². The zero-order chi connectivity index (χ0) is 19.6. The Morgan fingerprint density at radius 2 is 1.68 bits per heavy atom. The number of nitrogens with one attached hydrogen (secondary N) is 2. The number of guanidine groups is 1. The molecule has 0 saturated carbocycles. The number of aromatic nitrogens is 2. The lowest BCUT2D eigenvalue weighted by atomic mass is 10.1. The maximum Gasteiger partial charge on any atom is 0.191 e. The van der Waals surface area contributed by atoms with Gasteiger partial charge >= 0.3 is 0 Å². The maximum atomic E-state index is 4.76. The molecule has 0 radical (unpaired) electrons. The van der Waals surface area contributed by atoms with Crippen molar-refractivity contribution in [2.45, 2.75) is 59.9 Å². The van der Waals surface area contributed by atoms with E-state index in [1.807, 2.05) is 11.7 Å². The highest BCUT2D eigenvalue weighted by atomic mass is 127. The van der Waals surface area contributed by atoms with E-state index in [2.05, 4.69) is 67.7 Å². The van der Waals surface area contributed by atoms with Crippen LogP contribution in [0, 0.1) is 20.8 Å². The van der Waals surface area contributed by atoms with Gasteiger partial charge < -0.3 is 10.6 Å². The third kappa shape index (κ3) is 7.81. The van der Waals surface area contributed by atoms with E-state index >= 15 is 0 Å². The number of aliphatic imine (C=N–C) groups is 1. The van der Waals surface area contributed by atoms with Crippen molar-refractivity contribution >= 4 is 29.9 Å². The normalized spacial score (nSPS) is 11.2. The van der Waals surface area contributed by atoms with Gasteiger partial charge in [0.05, 0.1) is 12.2 Å². The lowest BCUT2D eigenvalue weighted by Gasteiger charge is -2.12. The lowest BCUT2D eigenvalue weighted by molar-refractivity contribution is 0.703. The summed E-state index contributed by atoms with van der Waals surface area (Å²) in [6.07, 6.45) is 4.43. The number of unbranched alkanes of at least 4 members (excludes halogenated alkanes) is 1. The predicted octanol–water partition coefficient (Wildman–Crippen LogP) is 4.43. The summed E-state index contributed by atoms with van der Waals surface area (Å²) in [4.78, 5) is 4.76. The Morgan fingerprint density at radius 1 is 1.04 bits per heavy atom. The van der Waals surface area contributed by atoms with Crippen LogP contribution in [-0.4, -0.2) is 28.8 Å². The second-order valence-electron chi connectivity index (χ2n) is 7.23. The van der Waals surface area contributed by atoms with Gasteiger partial charge in [-0.15, -0.1) is 24.0 Å². The number of rotatable bonds is 9. The molecule has 0 saturated heterocycles. The molecule has 0 bridgehead atoms. The molecule has 0 aliphatic heterocycles. The predicted molar refractivity (Wildman–Crippen MR) is 130 cm³/mol. The standard InChI is InChI=1S/C22H35N5.HI/c1-6-7-14-23-22(25-16-20-12-10-17(2)11-13-20)24-15-8-9-21-18(3)26-27(5)19(21)4;/h10-13H,6-9,14-16H2,1-5H3,(H2,23,24,25);1H. The van der Waals surface area contributed by atoms with Gasteiger partial charge in [-0.1, -0.05) is 43.2 Å². The van der Waals surface area contributed by atoms with Crippen molar-refractivity contribution in [2.75, 3.05) is 13.1 Å². The summed E-state index contributed by atoms with van der Waals surface area (Å²) in [6, 6.07) is 8.58. The first-order valence-corrected chi connectivity index (χ1v) is 10.1. The zero-order valence-corrected chi connectivity index (χ0v) is 20.3. The molecule has 0 aliphatic rings. The van der Waals surface area contributed by atoms with E-state index < -0.39 is 0 Å². The van der Waals surface area contributed by atoms with E-state index in [4.69, 9.17) is 4.99 Å². The number of nitrogens with zero attached hydrogens (tertiary/aromatic N) is 3. The number of hydrogen-bond acceptors (Lipinski definition) is 2. The van der Waals surface area contributed by atoms with Gasteiger partial charge in [0, 0.05) is 25.8 Å². The molecule has 0 spiro atoms. The van der Waals surface area contributed by atoms with E-state index in [-0.39, 0.29) is 24.0 Å². The molecule has 0 atom stereocenters. The van der Waals surface area contributed by atoms with Crippen molar-refractivity contribution in [3.05, 3.63) is 52.3 Å². The van der Waals surface area contributed by atoms with Gasteiger partial charge in [0.15, 0.2) is 5.96 Å². The number of benzene rings is 1. The molecule has 1 aromatic carbocycles. The molecule has 0 aliphatic carbocycles. The fourth-order valence-electron chi connectivity index (χ4n) is 3.07. The maximum absolute atomic E-state index is 4.76. The smallest absolute Gasteiger partial charge is 0.191 e. The second-order valence-corrected chi connectivity index (χ2v) is 7.23. The van der Waals surface area contributed by atoms with Crippen molar-refractivity contribution in [3.63, 3.8) is 0 Å². The Balaban J connectivity index is 0.00000392. The van der Waals surface area contributed by atoms with Crippen molar-refractivity contribution in [1.82, 2.24) is 20.4 Å². The molecule has 156 valence electrons. The van der Waals surface area contributed by atoms with Crippen molar-refractivity contribution < 1.29 is 0 Å². The molecule has 1 aromatic heterocycles. The largest absolute Gasteiger partial charge is 0.356 e. The van der Waals surface area contributed by atoms with Gasteiger partial charge in [0.2, 0.25) is 0 Å². The topological polar surface area (TPSA) is 54.2 Å². The van der Waals surface area contributed by atoms with Crippen molar-refractivity contribution in [3.8, 4) is 0 Å². The molecule has 5 nitrogen and oxygen atoms in total. The Bertz CT molecular complexity index is 734. The minimum atomic E-state index is 0. The molecule has 1 heterocycles. The molecule has 6 heteroatoms. The van der Waals surface area contributed by atoms with Crippen LogP contribution in [-0.2, 0) is 20.0 Å². The van der Waals surface area contributed by atoms with Gasteiger partial charge in [-0.25, -0.2) is 4.99 Å². The van der Waals surface area contributed by atoms with Crippen molar-refractivity contribution in [2.24, 2.45) is 12.0 Å². The summed E-state index contributed by atoms with van der Waals surface area (Å²) >= 11 is 0. The molecule has 2 aromatic rings. The van der Waals surface area contributed by atoms with E-state index in [1.165, 1.54) is 28.8 Å². The number of halogens is 1. The van der Waals surface area contributed by atoms with Crippen LogP contribution in [0.25, 0.3) is 0 Å². The zero-order valence-electron chi connectivity index (χ0n) is 18.0. The molecule has 0 unspecified atom stereocenters. The average Bonchev–Trinajstić information content (AvgIpc) is 2.89. The fourth-order valence-corrected chi connectivity index (χ4v) is 3.07. The summed E-state index contributed by atoms with van der Waals surface area (Å²) in [5.41, 5.74) is 6.30. The first kappa shape index (κ1) is 24.5. The second kappa shape index (κ2) is 12.8. The molecule has 2 rings (SSSR count). The SMILES string of the molecule is CCCCNC(=NCc1ccc(C)cc1)NCCCc1c(C)nn(C)c1C.I. The van der Waals surface area contributed by atoms with Crippen LogP contribution in [0.5, 0.6) is 0 Å². The highest BCUT2D eigenvalue weighted by Crippen LogP contribution is 2.13. The van der Waals surface area contributed by atoms with Crippen LogP contribution in [0.1, 0.15) is 54.3 Å². The first-order valence-electron chi connectivity index (χ1n) is 10.1. The Morgan fingerprint density at radius 3 is 2.25 bits per heavy atom. The average molecular weight is 497 g/mol. The summed E-state index contributed by atoms with van der Waals surface area (Å²) in [6.45, 7) is 11.1. The van der Waals surface area contributed by atoms with Gasteiger partial charge in [0.1, 0.15) is 0 Å². The molecule has 2 N–H and O–H groups in total. The quantitative estimate of drug-likeness (QED) is 0.233. The van der Waals surface area contributed by atoms with Gasteiger partial charge in [-0.05, 0) is 51.2 Å². The van der Waals surface area contributed by atoms with Gasteiger partial charge in [0.25, 0.3) is 0 Å². The summed E-state index contributed by atoms with van der Waals surface area (Å²) in [7, 11) is 2.01. The van der Waals surface area contributed by atoms with E-state index in [9.17, 15) is 0 Å². The summed E-state index contributed by atoms with van der Waals surface area (Å²) < 4.78 is 1.97. The van der Waals surface area contributed by atoms with Crippen molar-refractivity contribution in [1.29, 1.82) is 0 Å². The van der Waals surface area contributed by atoms with E-state index in [0.29, 0.717) is 6.54 Å². The monoisotopic (exact) mass is 497 g/mol. The van der Waals surface area contributed by atoms with Crippen LogP contribution in [0.2, 0.25) is 0 Å². The minimum absolute atomic E-state index is 0. The first-order chi connectivity index (χ1) is 13.0. The molecule has 0 fully saturated rings. The van der Waals surface area contributed by atoms with Crippen LogP contribution in [0.4, 0.5) is 0 Å². The molecular weight excluding hydrogens is 461 g/mol. The Hall–Kier alpha value is -1.57. The number of aryl methyl sites for hydroxylation is 3. The molecule has 0 amide bonds. The Labute approximate surface area is 187 Å². The van der Waals surface area contributed by atoms with Gasteiger partial charge in [-0.2, -0.15) is 5.10 Å². The highest BCUT2D eigenvalue weighted by Gasteiger charge is 2.08. The third-order valence-electron chi connectivity index (χ3n) is 4.92. The van der Waals surface area contributed by atoms with Crippen LogP contribution in [0.3, 0.4) is 0 Å². The third-order valence-corrected chi connectivity index (χ3v) is 4.92. The lowest BCUT2D eigenvalue weighted by Crippen LogP contribution is -2.38. The van der Waals surface area contributed by atoms with Crippen LogP contribution < -0.4 is 10.6 Å². The molecule has 28 heavy (non-hydrogen) atoms. The summed E-state index contributed by atoms with van der Waals surface area (Å²) in [5, 5.41) is 11.4. The molecular formula is C22H36IN5. The van der Waals surface area contributed by atoms with Crippen LogP contribution in [0.15, 0.2) is 29.3 Å². The highest BCUT2D eigenvalue weighted by molar-refractivity contribution is 14.0. The van der Waals surface area contributed by atoms with E-state index in [0.717, 1.165) is 44.0 Å². The number of hydrogen-bond donors (Lipinski definition) is 2. The minimum Gasteiger partial charge on any atom is -0.356 e. The summed E-state index contributed by atoms with van der Waals surface area (Å²) in [5.74, 6) is 0.906. The van der Waals surface area contributed by atoms with E-state index in [1.54, 1.807) is 0 Å². The fraction of sp³-hybridized carbons (Fsp3) is 0.545. The Kier molecular flexibility index (Phi) is 11.2.